The Bertz CT molecular complexity index is 361. The molecule has 0 aromatic heterocycles. The summed E-state index contributed by atoms with van der Waals surface area (Å²) >= 11 is 0. The molecule has 0 amide bonds. The highest BCUT2D eigenvalue weighted by Gasteiger charge is 2.30. The first-order chi connectivity index (χ1) is 10.3. The minimum Gasteiger partial charge on any atom is -0.372 e. The fourth-order valence-electron chi connectivity index (χ4n) is 4.62. The molecule has 120 valence electrons. The Labute approximate surface area is 130 Å². The molecule has 0 aromatic carbocycles. The van der Waals surface area contributed by atoms with Gasteiger partial charge in [0.2, 0.25) is 0 Å². The first-order valence-corrected chi connectivity index (χ1v) is 9.19. The van der Waals surface area contributed by atoms with Crippen LogP contribution in [0.1, 0.15) is 58.8 Å². The molecule has 3 heterocycles. The predicted octanol–water partition coefficient (Wildman–Crippen LogP) is 2.98. The number of rotatable bonds is 3. The van der Waals surface area contributed by atoms with Crippen LogP contribution in [0.15, 0.2) is 11.3 Å². The molecular weight excluding hydrogens is 258 g/mol. The van der Waals surface area contributed by atoms with Crippen molar-refractivity contribution >= 4 is 0 Å². The van der Waals surface area contributed by atoms with E-state index in [1.165, 1.54) is 77.7 Å². The third-order valence-corrected chi connectivity index (χ3v) is 6.03. The number of nitrogens with one attached hydrogen (secondary N) is 1. The zero-order chi connectivity index (χ0) is 14.7. The van der Waals surface area contributed by atoms with E-state index < -0.39 is 0 Å². The summed E-state index contributed by atoms with van der Waals surface area (Å²) in [5, 5.41) is 3.55. The van der Waals surface area contributed by atoms with E-state index in [-0.39, 0.29) is 0 Å². The third-order valence-electron chi connectivity index (χ3n) is 6.03. The van der Waals surface area contributed by atoms with Crippen molar-refractivity contribution in [2.45, 2.75) is 70.9 Å². The lowest BCUT2D eigenvalue weighted by atomic mass is 9.98. The second-order valence-electron chi connectivity index (χ2n) is 7.09. The monoisotopic (exact) mass is 291 g/mol. The van der Waals surface area contributed by atoms with E-state index in [1.54, 1.807) is 11.3 Å². The largest absolute Gasteiger partial charge is 0.372 e. The van der Waals surface area contributed by atoms with Crippen molar-refractivity contribution < 1.29 is 0 Å². The summed E-state index contributed by atoms with van der Waals surface area (Å²) in [7, 11) is 0. The van der Waals surface area contributed by atoms with Gasteiger partial charge < -0.3 is 15.1 Å². The van der Waals surface area contributed by atoms with Gasteiger partial charge in [0.15, 0.2) is 0 Å². The lowest BCUT2D eigenvalue weighted by Gasteiger charge is -2.41. The second kappa shape index (κ2) is 7.15. The van der Waals surface area contributed by atoms with Crippen LogP contribution in [0.3, 0.4) is 0 Å². The van der Waals surface area contributed by atoms with Crippen LogP contribution in [-0.4, -0.2) is 54.6 Å². The van der Waals surface area contributed by atoms with E-state index >= 15 is 0 Å². The van der Waals surface area contributed by atoms with Crippen molar-refractivity contribution in [2.24, 2.45) is 0 Å². The Morgan fingerprint density at radius 1 is 1.00 bits per heavy atom. The van der Waals surface area contributed by atoms with E-state index in [2.05, 4.69) is 29.0 Å². The Kier molecular flexibility index (Phi) is 5.23. The van der Waals surface area contributed by atoms with Gasteiger partial charge in [-0.2, -0.15) is 0 Å². The van der Waals surface area contributed by atoms with Crippen LogP contribution in [0.5, 0.6) is 0 Å². The molecule has 0 aliphatic carbocycles. The number of piperidine rings is 1. The summed E-state index contributed by atoms with van der Waals surface area (Å²) in [6.45, 7) is 11.0. The zero-order valence-electron chi connectivity index (χ0n) is 14.0. The standard InChI is InChI=1S/C18H33N3/c1-3-16-7-14-21(15(16)2)18-8-12-20(13-9-18)17-5-4-10-19-11-6-17/h17-19H,3-14H2,1-2H3. The van der Waals surface area contributed by atoms with Gasteiger partial charge in [-0.15, -0.1) is 0 Å². The van der Waals surface area contributed by atoms with E-state index in [0.29, 0.717) is 0 Å². The fraction of sp³-hybridized carbons (Fsp3) is 0.889. The van der Waals surface area contributed by atoms with Gasteiger partial charge in [0.1, 0.15) is 0 Å². The van der Waals surface area contributed by atoms with E-state index in [4.69, 9.17) is 0 Å². The summed E-state index contributed by atoms with van der Waals surface area (Å²) in [6.07, 6.45) is 9.43. The minimum atomic E-state index is 0.814. The van der Waals surface area contributed by atoms with Crippen LogP contribution in [0.25, 0.3) is 0 Å². The van der Waals surface area contributed by atoms with Crippen LogP contribution in [0, 0.1) is 0 Å². The summed E-state index contributed by atoms with van der Waals surface area (Å²) in [5.41, 5.74) is 3.31. The van der Waals surface area contributed by atoms with Crippen LogP contribution in [0.2, 0.25) is 0 Å². The maximum absolute atomic E-state index is 3.55. The Hall–Kier alpha value is -0.540. The van der Waals surface area contributed by atoms with Crippen molar-refractivity contribution in [3.63, 3.8) is 0 Å². The van der Waals surface area contributed by atoms with Crippen LogP contribution >= 0.6 is 0 Å². The van der Waals surface area contributed by atoms with E-state index in [9.17, 15) is 0 Å². The quantitative estimate of drug-likeness (QED) is 0.862. The average molecular weight is 291 g/mol. The zero-order valence-corrected chi connectivity index (χ0v) is 14.0. The molecule has 1 N–H and O–H groups in total. The van der Waals surface area contributed by atoms with Gasteiger partial charge in [-0.3, -0.25) is 0 Å². The fourth-order valence-corrected chi connectivity index (χ4v) is 4.62. The molecule has 3 nitrogen and oxygen atoms in total. The van der Waals surface area contributed by atoms with Crippen molar-refractivity contribution in [3.05, 3.63) is 11.3 Å². The highest BCUT2D eigenvalue weighted by molar-refractivity contribution is 5.18. The minimum absolute atomic E-state index is 0.814. The lowest BCUT2D eigenvalue weighted by molar-refractivity contribution is 0.0990. The predicted molar refractivity (Wildman–Crippen MR) is 89.4 cm³/mol. The van der Waals surface area contributed by atoms with E-state index in [0.717, 1.165) is 12.1 Å². The van der Waals surface area contributed by atoms with Crippen LogP contribution in [0.4, 0.5) is 0 Å². The first-order valence-electron chi connectivity index (χ1n) is 9.19. The van der Waals surface area contributed by atoms with Crippen LogP contribution in [-0.2, 0) is 0 Å². The number of hydrogen-bond donors (Lipinski definition) is 1. The number of likely N-dealkylation sites (tertiary alicyclic amines) is 1. The third kappa shape index (κ3) is 3.45. The van der Waals surface area contributed by atoms with Gasteiger partial charge in [0.05, 0.1) is 0 Å². The average Bonchev–Trinajstić information content (AvgIpc) is 2.73. The van der Waals surface area contributed by atoms with Gasteiger partial charge >= 0.3 is 0 Å². The van der Waals surface area contributed by atoms with Crippen molar-refractivity contribution in [1.29, 1.82) is 0 Å². The smallest absolute Gasteiger partial charge is 0.0311 e. The molecule has 3 rings (SSSR count). The molecule has 3 heteroatoms. The SMILES string of the molecule is CCC1=C(C)N(C2CCN(C3CCCNCC3)CC2)CC1. The topological polar surface area (TPSA) is 18.5 Å². The Morgan fingerprint density at radius 3 is 2.52 bits per heavy atom. The first kappa shape index (κ1) is 15.4. The van der Waals surface area contributed by atoms with Crippen molar-refractivity contribution in [3.8, 4) is 0 Å². The molecular formula is C18H33N3. The highest BCUT2D eigenvalue weighted by atomic mass is 15.2. The van der Waals surface area contributed by atoms with E-state index in [1.807, 2.05) is 0 Å². The molecule has 2 saturated heterocycles. The molecule has 0 spiro atoms. The number of hydrogen-bond acceptors (Lipinski definition) is 3. The maximum Gasteiger partial charge on any atom is 0.0311 e. The summed E-state index contributed by atoms with van der Waals surface area (Å²) in [6, 6.07) is 1.66. The number of nitrogens with zero attached hydrogens (tertiary/aromatic N) is 2. The molecule has 3 aliphatic rings. The number of allylic oxidation sites excluding steroid dienone is 1. The molecule has 0 aromatic rings. The molecule has 1 atom stereocenters. The van der Waals surface area contributed by atoms with Gasteiger partial charge in [-0.05, 0) is 70.5 Å². The lowest BCUT2D eigenvalue weighted by Crippen LogP contribution is -2.47. The van der Waals surface area contributed by atoms with Gasteiger partial charge in [0, 0.05) is 37.4 Å². The summed E-state index contributed by atoms with van der Waals surface area (Å²) in [4.78, 5) is 5.52. The summed E-state index contributed by atoms with van der Waals surface area (Å²) < 4.78 is 0. The highest BCUT2D eigenvalue weighted by Crippen LogP contribution is 2.31. The molecule has 0 bridgehead atoms. The molecule has 0 saturated carbocycles. The molecule has 0 radical (unpaired) electrons. The van der Waals surface area contributed by atoms with Crippen molar-refractivity contribution in [1.82, 2.24) is 15.1 Å². The molecule has 2 fully saturated rings. The Morgan fingerprint density at radius 2 is 1.81 bits per heavy atom. The maximum atomic E-state index is 3.55. The van der Waals surface area contributed by atoms with Crippen LogP contribution < -0.4 is 5.32 Å². The van der Waals surface area contributed by atoms with Gasteiger partial charge in [0.25, 0.3) is 0 Å². The second-order valence-corrected chi connectivity index (χ2v) is 7.09. The van der Waals surface area contributed by atoms with Gasteiger partial charge in [-0.1, -0.05) is 6.92 Å². The molecule has 21 heavy (non-hydrogen) atoms. The normalized spacial score (nSPS) is 30.0. The van der Waals surface area contributed by atoms with Crippen molar-refractivity contribution in [2.75, 3.05) is 32.7 Å². The molecule has 1 unspecified atom stereocenters. The van der Waals surface area contributed by atoms with Gasteiger partial charge in [-0.25, -0.2) is 0 Å². The Balaban J connectivity index is 1.52. The molecule has 3 aliphatic heterocycles. The summed E-state index contributed by atoms with van der Waals surface area (Å²) in [5.74, 6) is 0.